The average molecular weight is 360 g/mol. The molecule has 2 amide bonds. The van der Waals surface area contributed by atoms with Gasteiger partial charge in [0.05, 0.1) is 19.4 Å². The minimum atomic E-state index is -0.431. The Bertz CT molecular complexity index is 655. The Morgan fingerprint density at radius 3 is 2.65 bits per heavy atom. The van der Waals surface area contributed by atoms with Gasteiger partial charge in [0.2, 0.25) is 11.8 Å². The van der Waals surface area contributed by atoms with E-state index in [0.717, 1.165) is 5.75 Å². The van der Waals surface area contributed by atoms with Gasteiger partial charge in [0.15, 0.2) is 0 Å². The van der Waals surface area contributed by atoms with E-state index in [9.17, 15) is 9.59 Å². The molecule has 1 N–H and O–H groups in total. The van der Waals surface area contributed by atoms with Crippen LogP contribution in [-0.2, 0) is 9.59 Å². The molecule has 26 heavy (non-hydrogen) atoms. The zero-order valence-electron chi connectivity index (χ0n) is 15.6. The number of likely N-dealkylation sites (N-methyl/N-ethyl adjacent to an activating group) is 1. The summed E-state index contributed by atoms with van der Waals surface area (Å²) < 4.78 is 11.3. The third-order valence-corrected chi connectivity index (χ3v) is 5.43. The highest BCUT2D eigenvalue weighted by Crippen LogP contribution is 2.31. The number of amides is 2. The van der Waals surface area contributed by atoms with E-state index < -0.39 is 6.04 Å². The summed E-state index contributed by atoms with van der Waals surface area (Å²) in [6.07, 6.45) is 7.30. The molecular weight excluding hydrogens is 332 g/mol. The predicted octanol–water partition coefficient (Wildman–Crippen LogP) is 3.21. The van der Waals surface area contributed by atoms with Crippen LogP contribution in [-0.4, -0.2) is 43.5 Å². The SMILES string of the molecule is COc1ccc(OCC2CCCCC2)cc1NC(=O)C1CCC(=O)N1C. The number of nitrogens with zero attached hydrogens (tertiary/aromatic N) is 1. The molecule has 6 nitrogen and oxygen atoms in total. The molecule has 6 heteroatoms. The molecule has 1 saturated heterocycles. The molecule has 0 spiro atoms. The van der Waals surface area contributed by atoms with Crippen molar-refractivity contribution in [3.05, 3.63) is 18.2 Å². The molecule has 0 bridgehead atoms. The number of hydrogen-bond donors (Lipinski definition) is 1. The number of methoxy groups -OCH3 is 1. The predicted molar refractivity (Wildman–Crippen MR) is 99.5 cm³/mol. The maximum absolute atomic E-state index is 12.6. The van der Waals surface area contributed by atoms with E-state index in [1.54, 1.807) is 26.3 Å². The molecule has 1 atom stereocenters. The second-order valence-electron chi connectivity index (χ2n) is 7.23. The van der Waals surface area contributed by atoms with Gasteiger partial charge in [0.25, 0.3) is 0 Å². The lowest BCUT2D eigenvalue weighted by Crippen LogP contribution is -2.38. The Morgan fingerprint density at radius 2 is 2.00 bits per heavy atom. The van der Waals surface area contributed by atoms with Crippen LogP contribution < -0.4 is 14.8 Å². The van der Waals surface area contributed by atoms with Crippen molar-refractivity contribution < 1.29 is 19.1 Å². The topological polar surface area (TPSA) is 67.9 Å². The normalized spacial score (nSPS) is 20.9. The first-order valence-corrected chi connectivity index (χ1v) is 9.46. The average Bonchev–Trinajstić information content (AvgIpc) is 3.00. The Hall–Kier alpha value is -2.24. The summed E-state index contributed by atoms with van der Waals surface area (Å²) >= 11 is 0. The fourth-order valence-electron chi connectivity index (χ4n) is 3.77. The van der Waals surface area contributed by atoms with Crippen LogP contribution in [0.5, 0.6) is 11.5 Å². The number of nitrogens with one attached hydrogen (secondary N) is 1. The molecule has 1 aromatic carbocycles. The van der Waals surface area contributed by atoms with E-state index in [0.29, 0.717) is 36.8 Å². The number of hydrogen-bond acceptors (Lipinski definition) is 4. The maximum atomic E-state index is 12.6. The highest BCUT2D eigenvalue weighted by Gasteiger charge is 2.33. The summed E-state index contributed by atoms with van der Waals surface area (Å²) in [4.78, 5) is 25.7. The Morgan fingerprint density at radius 1 is 1.23 bits per heavy atom. The van der Waals surface area contributed by atoms with Crippen LogP contribution in [0, 0.1) is 5.92 Å². The summed E-state index contributed by atoms with van der Waals surface area (Å²) in [5.41, 5.74) is 0.575. The molecule has 1 saturated carbocycles. The van der Waals surface area contributed by atoms with E-state index in [-0.39, 0.29) is 11.8 Å². The molecule has 1 heterocycles. The van der Waals surface area contributed by atoms with E-state index >= 15 is 0 Å². The summed E-state index contributed by atoms with van der Waals surface area (Å²) in [6.45, 7) is 0.708. The third kappa shape index (κ3) is 4.29. The van der Waals surface area contributed by atoms with Gasteiger partial charge in [-0.15, -0.1) is 0 Å². The molecule has 1 aliphatic heterocycles. The molecule has 1 aliphatic carbocycles. The first-order chi connectivity index (χ1) is 12.6. The standard InChI is InChI=1S/C20H28N2O4/c1-22-17(9-11-19(22)23)20(24)21-16-12-15(8-10-18(16)25-2)26-13-14-6-4-3-5-7-14/h8,10,12,14,17H,3-7,9,11,13H2,1-2H3,(H,21,24). The quantitative estimate of drug-likeness (QED) is 0.846. The van der Waals surface area contributed by atoms with Crippen LogP contribution in [0.25, 0.3) is 0 Å². The van der Waals surface area contributed by atoms with Crippen LogP contribution in [0.3, 0.4) is 0 Å². The molecule has 1 aromatic rings. The van der Waals surface area contributed by atoms with Crippen LogP contribution in [0.4, 0.5) is 5.69 Å². The highest BCUT2D eigenvalue weighted by atomic mass is 16.5. The molecule has 1 unspecified atom stereocenters. The minimum Gasteiger partial charge on any atom is -0.495 e. The first-order valence-electron chi connectivity index (χ1n) is 9.46. The van der Waals surface area contributed by atoms with Gasteiger partial charge in [-0.3, -0.25) is 9.59 Å². The van der Waals surface area contributed by atoms with Crippen LogP contribution in [0.15, 0.2) is 18.2 Å². The van der Waals surface area contributed by atoms with E-state index in [1.807, 2.05) is 6.07 Å². The number of likely N-dealkylation sites (tertiary alicyclic amines) is 1. The van der Waals surface area contributed by atoms with Gasteiger partial charge in [0.1, 0.15) is 17.5 Å². The summed E-state index contributed by atoms with van der Waals surface area (Å²) in [7, 11) is 3.24. The van der Waals surface area contributed by atoms with E-state index in [2.05, 4.69) is 5.32 Å². The number of carbonyl (C=O) groups is 2. The lowest BCUT2D eigenvalue weighted by molar-refractivity contribution is -0.131. The number of anilines is 1. The number of carbonyl (C=O) groups excluding carboxylic acids is 2. The lowest BCUT2D eigenvalue weighted by atomic mass is 9.90. The van der Waals surface area contributed by atoms with Gasteiger partial charge < -0.3 is 19.7 Å². The Balaban J connectivity index is 1.65. The molecule has 3 rings (SSSR count). The Labute approximate surface area is 154 Å². The van der Waals surface area contributed by atoms with Crippen LogP contribution in [0.2, 0.25) is 0 Å². The number of ether oxygens (including phenoxy) is 2. The molecule has 2 aliphatic rings. The fourth-order valence-corrected chi connectivity index (χ4v) is 3.77. The molecule has 0 radical (unpaired) electrons. The van der Waals surface area contributed by atoms with Crippen LogP contribution >= 0.6 is 0 Å². The fraction of sp³-hybridized carbons (Fsp3) is 0.600. The summed E-state index contributed by atoms with van der Waals surface area (Å²) in [5.74, 6) is 1.72. The van der Waals surface area contributed by atoms with E-state index in [1.165, 1.54) is 37.0 Å². The van der Waals surface area contributed by atoms with Crippen molar-refractivity contribution in [3.8, 4) is 11.5 Å². The van der Waals surface area contributed by atoms with Gasteiger partial charge in [-0.25, -0.2) is 0 Å². The van der Waals surface area contributed by atoms with Crippen LogP contribution in [0.1, 0.15) is 44.9 Å². The van der Waals surface area contributed by atoms with E-state index in [4.69, 9.17) is 9.47 Å². The zero-order valence-corrected chi connectivity index (χ0v) is 15.6. The first kappa shape index (κ1) is 18.5. The second-order valence-corrected chi connectivity index (χ2v) is 7.23. The van der Waals surface area contributed by atoms with Crippen molar-refractivity contribution in [3.63, 3.8) is 0 Å². The van der Waals surface area contributed by atoms with Crippen molar-refractivity contribution in [2.45, 2.75) is 51.0 Å². The van der Waals surface area contributed by atoms with Crippen molar-refractivity contribution in [2.24, 2.45) is 5.92 Å². The summed E-state index contributed by atoms with van der Waals surface area (Å²) in [6, 6.07) is 5.04. The number of benzene rings is 1. The zero-order chi connectivity index (χ0) is 18.5. The van der Waals surface area contributed by atoms with Crippen molar-refractivity contribution >= 4 is 17.5 Å². The Kier molecular flexibility index (Phi) is 6.01. The van der Waals surface area contributed by atoms with Crippen molar-refractivity contribution in [1.82, 2.24) is 4.90 Å². The van der Waals surface area contributed by atoms with Crippen molar-refractivity contribution in [1.29, 1.82) is 0 Å². The van der Waals surface area contributed by atoms with Gasteiger partial charge >= 0.3 is 0 Å². The summed E-state index contributed by atoms with van der Waals surface area (Å²) in [5, 5.41) is 2.89. The molecule has 142 valence electrons. The molecular formula is C20H28N2O4. The smallest absolute Gasteiger partial charge is 0.247 e. The minimum absolute atomic E-state index is 0.00156. The largest absolute Gasteiger partial charge is 0.495 e. The highest BCUT2D eigenvalue weighted by molar-refractivity contribution is 5.99. The third-order valence-electron chi connectivity index (χ3n) is 5.43. The number of rotatable bonds is 6. The second kappa shape index (κ2) is 8.43. The molecule has 2 fully saturated rings. The maximum Gasteiger partial charge on any atom is 0.247 e. The van der Waals surface area contributed by atoms with Gasteiger partial charge in [-0.05, 0) is 37.3 Å². The van der Waals surface area contributed by atoms with Gasteiger partial charge in [-0.1, -0.05) is 19.3 Å². The van der Waals surface area contributed by atoms with Crippen molar-refractivity contribution in [2.75, 3.05) is 26.1 Å². The molecule has 0 aromatic heterocycles. The van der Waals surface area contributed by atoms with Gasteiger partial charge in [0, 0.05) is 19.5 Å². The monoisotopic (exact) mass is 360 g/mol. The van der Waals surface area contributed by atoms with Gasteiger partial charge in [-0.2, -0.15) is 0 Å². The lowest BCUT2D eigenvalue weighted by Gasteiger charge is -2.22.